The highest BCUT2D eigenvalue weighted by molar-refractivity contribution is 7.80. The molecule has 4 nitrogen and oxygen atoms in total. The van der Waals surface area contributed by atoms with Crippen LogP contribution in [0.1, 0.15) is 11.1 Å². The number of rotatable bonds is 2. The Morgan fingerprint density at radius 2 is 1.11 bits per heavy atom. The van der Waals surface area contributed by atoms with Gasteiger partial charge in [0.15, 0.2) is 5.11 Å². The van der Waals surface area contributed by atoms with Crippen molar-refractivity contribution in [3.63, 3.8) is 0 Å². The van der Waals surface area contributed by atoms with Gasteiger partial charge in [0, 0.05) is 24.8 Å². The van der Waals surface area contributed by atoms with E-state index in [1.165, 1.54) is 0 Å². The molecular weight excluding hydrogens is 244 g/mol. The van der Waals surface area contributed by atoms with Crippen LogP contribution in [0.3, 0.4) is 0 Å². The van der Waals surface area contributed by atoms with Crippen LogP contribution < -0.4 is 11.5 Å². The zero-order chi connectivity index (χ0) is 13.2. The van der Waals surface area contributed by atoms with Crippen LogP contribution in [0.5, 0.6) is 0 Å². The number of nitrogens with zero attached hydrogens (tertiary/aromatic N) is 2. The van der Waals surface area contributed by atoms with Crippen LogP contribution in [-0.2, 0) is 0 Å². The van der Waals surface area contributed by atoms with Crippen LogP contribution in [0.2, 0.25) is 0 Å². The Kier molecular flexibility index (Phi) is 6.07. The largest absolute Gasteiger partial charge is 0.377 e. The lowest BCUT2D eigenvalue weighted by Crippen LogP contribution is -2.18. The molecular formula is C13H14N4S. The second-order valence-electron chi connectivity index (χ2n) is 3.30. The summed E-state index contributed by atoms with van der Waals surface area (Å²) in [7, 11) is 0. The number of nitrogens with two attached hydrogens (primary N) is 2. The fraction of sp³-hybridized carbons (Fsp3) is 0. The summed E-state index contributed by atoms with van der Waals surface area (Å²) in [4.78, 5) is 7.91. The second-order valence-corrected chi connectivity index (χ2v) is 3.77. The van der Waals surface area contributed by atoms with Gasteiger partial charge in [-0.3, -0.25) is 9.97 Å². The Morgan fingerprint density at radius 1 is 0.833 bits per heavy atom. The molecule has 2 aromatic heterocycles. The van der Waals surface area contributed by atoms with Gasteiger partial charge in [0.1, 0.15) is 0 Å². The van der Waals surface area contributed by atoms with E-state index in [2.05, 4.69) is 45.8 Å². The van der Waals surface area contributed by atoms with Gasteiger partial charge in [-0.05, 0) is 47.6 Å². The monoisotopic (exact) mass is 258 g/mol. The number of hydrogen-bond donors (Lipinski definition) is 2. The molecule has 0 fully saturated rings. The highest BCUT2D eigenvalue weighted by Gasteiger charge is 1.85. The highest BCUT2D eigenvalue weighted by Crippen LogP contribution is 2.05. The molecule has 0 aliphatic carbocycles. The normalized spacial score (nSPS) is 9.56. The molecule has 4 N–H and O–H groups in total. The summed E-state index contributed by atoms with van der Waals surface area (Å²) in [5.41, 5.74) is 11.5. The first kappa shape index (κ1) is 13.8. The van der Waals surface area contributed by atoms with E-state index in [0.29, 0.717) is 0 Å². The average Bonchev–Trinajstić information content (AvgIpc) is 2.38. The van der Waals surface area contributed by atoms with Gasteiger partial charge in [0.2, 0.25) is 0 Å². The number of thiocarbonyl (C=S) groups is 1. The fourth-order valence-electron chi connectivity index (χ4n) is 1.14. The second kappa shape index (κ2) is 7.92. The summed E-state index contributed by atoms with van der Waals surface area (Å²) in [6.07, 6.45) is 11.2. The van der Waals surface area contributed by atoms with Crippen molar-refractivity contribution in [3.8, 4) is 0 Å². The summed E-state index contributed by atoms with van der Waals surface area (Å²) in [5.74, 6) is 0. The van der Waals surface area contributed by atoms with Crippen molar-refractivity contribution in [1.82, 2.24) is 9.97 Å². The molecule has 0 aliphatic heterocycles. The fourth-order valence-corrected chi connectivity index (χ4v) is 1.14. The predicted octanol–water partition coefficient (Wildman–Crippen LogP) is 1.84. The molecule has 5 heteroatoms. The summed E-state index contributed by atoms with van der Waals surface area (Å²) in [6.45, 7) is 0. The minimum Gasteiger partial charge on any atom is -0.377 e. The van der Waals surface area contributed by atoms with E-state index in [1.807, 2.05) is 24.3 Å². The number of aromatic nitrogens is 2. The molecule has 0 bridgehead atoms. The van der Waals surface area contributed by atoms with Crippen molar-refractivity contribution < 1.29 is 0 Å². The quantitative estimate of drug-likeness (QED) is 0.804. The molecule has 0 radical (unpaired) electrons. The molecule has 2 heterocycles. The summed E-state index contributed by atoms with van der Waals surface area (Å²) < 4.78 is 0. The van der Waals surface area contributed by atoms with Crippen LogP contribution in [0.4, 0.5) is 0 Å². The molecule has 2 aromatic rings. The van der Waals surface area contributed by atoms with Gasteiger partial charge >= 0.3 is 0 Å². The van der Waals surface area contributed by atoms with Gasteiger partial charge in [0.25, 0.3) is 0 Å². The average molecular weight is 258 g/mol. The van der Waals surface area contributed by atoms with Crippen molar-refractivity contribution >= 4 is 29.5 Å². The number of hydrogen-bond acceptors (Lipinski definition) is 3. The first-order valence-electron chi connectivity index (χ1n) is 5.21. The molecule has 92 valence electrons. The third kappa shape index (κ3) is 6.34. The van der Waals surface area contributed by atoms with Crippen molar-refractivity contribution in [3.05, 3.63) is 60.2 Å². The molecule has 2 rings (SSSR count). The standard InChI is InChI=1S/C12H10N2.CH4N2S/c1(11-3-7-13-8-4-11)2-12-5-9-14-10-6-12;2-1(3)4/h1-10H;(H4,2,3,4)/b2-1+;. The molecule has 0 unspecified atom stereocenters. The zero-order valence-electron chi connectivity index (χ0n) is 9.73. The molecule has 0 aromatic carbocycles. The van der Waals surface area contributed by atoms with E-state index >= 15 is 0 Å². The number of pyridine rings is 2. The molecule has 0 saturated carbocycles. The van der Waals surface area contributed by atoms with Gasteiger partial charge in [-0.1, -0.05) is 12.2 Å². The minimum absolute atomic E-state index is 0.000000000000000222. The van der Waals surface area contributed by atoms with E-state index < -0.39 is 0 Å². The Labute approximate surface area is 111 Å². The van der Waals surface area contributed by atoms with E-state index in [0.717, 1.165) is 11.1 Å². The lowest BCUT2D eigenvalue weighted by Gasteiger charge is -1.92. The lowest BCUT2D eigenvalue weighted by molar-refractivity contribution is 1.32. The van der Waals surface area contributed by atoms with Gasteiger partial charge in [-0.25, -0.2) is 0 Å². The molecule has 0 spiro atoms. The topological polar surface area (TPSA) is 77.8 Å². The Balaban J connectivity index is 0.000000357. The highest BCUT2D eigenvalue weighted by atomic mass is 32.1. The summed E-state index contributed by atoms with van der Waals surface area (Å²) in [5, 5.41) is 0.000000000000000222. The van der Waals surface area contributed by atoms with Gasteiger partial charge in [0.05, 0.1) is 0 Å². The maximum Gasteiger partial charge on any atom is 0.160 e. The van der Waals surface area contributed by atoms with Crippen LogP contribution in [-0.4, -0.2) is 15.1 Å². The molecule has 0 amide bonds. The van der Waals surface area contributed by atoms with Gasteiger partial charge in [-0.15, -0.1) is 0 Å². The maximum absolute atomic E-state index is 4.62. The first-order chi connectivity index (χ1) is 8.68. The Morgan fingerprint density at radius 3 is 1.39 bits per heavy atom. The van der Waals surface area contributed by atoms with Crippen LogP contribution in [0, 0.1) is 0 Å². The molecule has 0 aliphatic rings. The summed E-state index contributed by atoms with van der Waals surface area (Å²) >= 11 is 4.09. The third-order valence-corrected chi connectivity index (χ3v) is 1.88. The smallest absolute Gasteiger partial charge is 0.160 e. The van der Waals surface area contributed by atoms with Crippen LogP contribution in [0.25, 0.3) is 12.2 Å². The Bertz CT molecular complexity index is 451. The molecule has 18 heavy (non-hydrogen) atoms. The van der Waals surface area contributed by atoms with E-state index in [1.54, 1.807) is 24.8 Å². The first-order valence-corrected chi connectivity index (χ1v) is 5.62. The van der Waals surface area contributed by atoms with Gasteiger partial charge < -0.3 is 11.5 Å². The minimum atomic E-state index is 0.000000000000000222. The lowest BCUT2D eigenvalue weighted by atomic mass is 10.2. The Hall–Kier alpha value is -2.27. The zero-order valence-corrected chi connectivity index (χ0v) is 10.5. The van der Waals surface area contributed by atoms with Crippen molar-refractivity contribution in [2.45, 2.75) is 0 Å². The summed E-state index contributed by atoms with van der Waals surface area (Å²) in [6, 6.07) is 7.88. The molecule has 0 saturated heterocycles. The predicted molar refractivity (Wildman–Crippen MR) is 78.4 cm³/mol. The van der Waals surface area contributed by atoms with Crippen molar-refractivity contribution in [1.29, 1.82) is 0 Å². The van der Waals surface area contributed by atoms with Crippen molar-refractivity contribution in [2.24, 2.45) is 11.5 Å². The molecule has 0 atom stereocenters. The van der Waals surface area contributed by atoms with Crippen LogP contribution >= 0.6 is 12.2 Å². The SMILES string of the molecule is C(=C\c1ccncc1)/c1ccncc1.NC(N)=S. The van der Waals surface area contributed by atoms with E-state index in [9.17, 15) is 0 Å². The third-order valence-electron chi connectivity index (χ3n) is 1.88. The maximum atomic E-state index is 4.62. The van der Waals surface area contributed by atoms with Crippen LogP contribution in [0.15, 0.2) is 49.1 Å². The van der Waals surface area contributed by atoms with E-state index in [-0.39, 0.29) is 5.11 Å². The van der Waals surface area contributed by atoms with Crippen molar-refractivity contribution in [2.75, 3.05) is 0 Å². The van der Waals surface area contributed by atoms with Gasteiger partial charge in [-0.2, -0.15) is 0 Å². The van der Waals surface area contributed by atoms with E-state index in [4.69, 9.17) is 0 Å².